The Morgan fingerprint density at radius 2 is 2.20 bits per heavy atom. The SMILES string of the molecule is CCCC1CCC(CNCC)C(c2c(Br)cnn2C)C1. The standard InChI is InChI=1S/C16H28BrN3/c1-4-6-12-7-8-13(10-18-5-2)14(9-12)16-15(17)11-19-20(16)3/h11-14,18H,4-10H2,1-3H3. The lowest BCUT2D eigenvalue weighted by Crippen LogP contribution is -2.33. The Balaban J connectivity index is 2.17. The molecule has 3 atom stereocenters. The number of halogens is 1. The van der Waals surface area contributed by atoms with Crippen molar-refractivity contribution in [3.05, 3.63) is 16.4 Å². The molecule has 3 unspecified atom stereocenters. The number of aromatic nitrogens is 2. The molecule has 1 N–H and O–H groups in total. The molecule has 0 radical (unpaired) electrons. The van der Waals surface area contributed by atoms with E-state index in [1.54, 1.807) is 0 Å². The first-order valence-corrected chi connectivity index (χ1v) is 8.84. The summed E-state index contributed by atoms with van der Waals surface area (Å²) < 4.78 is 3.26. The van der Waals surface area contributed by atoms with Gasteiger partial charge in [0.05, 0.1) is 16.4 Å². The molecule has 1 aromatic heterocycles. The van der Waals surface area contributed by atoms with Gasteiger partial charge in [-0.3, -0.25) is 4.68 Å². The summed E-state index contributed by atoms with van der Waals surface area (Å²) >= 11 is 3.70. The van der Waals surface area contributed by atoms with Gasteiger partial charge in [0, 0.05) is 13.0 Å². The van der Waals surface area contributed by atoms with E-state index in [2.05, 4.69) is 51.9 Å². The monoisotopic (exact) mass is 341 g/mol. The minimum Gasteiger partial charge on any atom is -0.317 e. The number of nitrogens with one attached hydrogen (secondary N) is 1. The second-order valence-corrected chi connectivity index (χ2v) is 7.00. The van der Waals surface area contributed by atoms with Gasteiger partial charge in [0.2, 0.25) is 0 Å². The first kappa shape index (κ1) is 16.0. The van der Waals surface area contributed by atoms with Crippen LogP contribution in [-0.2, 0) is 7.05 Å². The van der Waals surface area contributed by atoms with Crippen molar-refractivity contribution in [2.75, 3.05) is 13.1 Å². The molecule has 2 rings (SSSR count). The third kappa shape index (κ3) is 3.64. The van der Waals surface area contributed by atoms with Crippen LogP contribution in [0.1, 0.15) is 57.6 Å². The van der Waals surface area contributed by atoms with Crippen LogP contribution < -0.4 is 5.32 Å². The first-order valence-electron chi connectivity index (χ1n) is 8.05. The van der Waals surface area contributed by atoms with Crippen molar-refractivity contribution >= 4 is 15.9 Å². The molecule has 0 aliphatic heterocycles. The topological polar surface area (TPSA) is 29.9 Å². The van der Waals surface area contributed by atoms with Gasteiger partial charge < -0.3 is 5.32 Å². The Kier molecular flexibility index (Phi) is 6.09. The van der Waals surface area contributed by atoms with Crippen molar-refractivity contribution in [3.8, 4) is 0 Å². The summed E-state index contributed by atoms with van der Waals surface area (Å²) in [5.74, 6) is 2.28. The largest absolute Gasteiger partial charge is 0.317 e. The molecular weight excluding hydrogens is 314 g/mol. The van der Waals surface area contributed by atoms with Gasteiger partial charge in [0.1, 0.15) is 0 Å². The smallest absolute Gasteiger partial charge is 0.0635 e. The van der Waals surface area contributed by atoms with Gasteiger partial charge in [0.25, 0.3) is 0 Å². The molecule has 0 bridgehead atoms. The van der Waals surface area contributed by atoms with E-state index < -0.39 is 0 Å². The van der Waals surface area contributed by atoms with Crippen LogP contribution in [0, 0.1) is 11.8 Å². The van der Waals surface area contributed by atoms with Gasteiger partial charge in [-0.25, -0.2) is 0 Å². The molecule has 4 heteroatoms. The number of hydrogen-bond acceptors (Lipinski definition) is 2. The molecule has 1 aromatic rings. The Labute approximate surface area is 131 Å². The van der Waals surface area contributed by atoms with E-state index in [1.807, 2.05) is 6.20 Å². The van der Waals surface area contributed by atoms with Crippen molar-refractivity contribution in [2.45, 2.75) is 51.9 Å². The van der Waals surface area contributed by atoms with Crippen molar-refractivity contribution in [1.82, 2.24) is 15.1 Å². The molecule has 20 heavy (non-hydrogen) atoms. The van der Waals surface area contributed by atoms with E-state index in [0.29, 0.717) is 5.92 Å². The average molecular weight is 342 g/mol. The normalized spacial score (nSPS) is 26.9. The average Bonchev–Trinajstić information content (AvgIpc) is 2.77. The molecule has 1 aliphatic carbocycles. The van der Waals surface area contributed by atoms with Gasteiger partial charge >= 0.3 is 0 Å². The molecule has 0 aromatic carbocycles. The lowest BCUT2D eigenvalue weighted by Gasteiger charge is -2.36. The van der Waals surface area contributed by atoms with E-state index in [1.165, 1.54) is 42.3 Å². The van der Waals surface area contributed by atoms with E-state index in [0.717, 1.165) is 24.9 Å². The summed E-state index contributed by atoms with van der Waals surface area (Å²) in [6.07, 6.45) is 8.70. The van der Waals surface area contributed by atoms with Gasteiger partial charge in [-0.05, 0) is 53.7 Å². The van der Waals surface area contributed by atoms with E-state index >= 15 is 0 Å². The lowest BCUT2D eigenvalue weighted by molar-refractivity contribution is 0.214. The summed E-state index contributed by atoms with van der Waals surface area (Å²) in [5, 5.41) is 7.98. The zero-order valence-corrected chi connectivity index (χ0v) is 14.6. The maximum absolute atomic E-state index is 4.43. The van der Waals surface area contributed by atoms with Gasteiger partial charge in [-0.15, -0.1) is 0 Å². The van der Waals surface area contributed by atoms with Crippen molar-refractivity contribution < 1.29 is 0 Å². The van der Waals surface area contributed by atoms with Crippen LogP contribution in [-0.4, -0.2) is 22.9 Å². The molecule has 3 nitrogen and oxygen atoms in total. The van der Waals surface area contributed by atoms with Crippen molar-refractivity contribution in [3.63, 3.8) is 0 Å². The molecule has 1 aliphatic rings. The van der Waals surface area contributed by atoms with Crippen LogP contribution in [0.4, 0.5) is 0 Å². The fourth-order valence-electron chi connectivity index (χ4n) is 3.74. The van der Waals surface area contributed by atoms with Crippen LogP contribution in [0.5, 0.6) is 0 Å². The lowest BCUT2D eigenvalue weighted by atomic mass is 9.71. The third-order valence-electron chi connectivity index (χ3n) is 4.74. The molecule has 114 valence electrons. The highest BCUT2D eigenvalue weighted by molar-refractivity contribution is 9.10. The van der Waals surface area contributed by atoms with Crippen LogP contribution >= 0.6 is 15.9 Å². The Morgan fingerprint density at radius 3 is 2.80 bits per heavy atom. The van der Waals surface area contributed by atoms with Gasteiger partial charge in [-0.1, -0.05) is 33.1 Å². The molecule has 1 fully saturated rings. The summed E-state index contributed by atoms with van der Waals surface area (Å²) in [6.45, 7) is 6.70. The van der Waals surface area contributed by atoms with Crippen LogP contribution in [0.3, 0.4) is 0 Å². The number of rotatable bonds is 6. The highest BCUT2D eigenvalue weighted by atomic mass is 79.9. The summed E-state index contributed by atoms with van der Waals surface area (Å²) in [4.78, 5) is 0. The fourth-order valence-corrected chi connectivity index (χ4v) is 4.38. The predicted molar refractivity (Wildman–Crippen MR) is 87.9 cm³/mol. The highest BCUT2D eigenvalue weighted by Crippen LogP contribution is 2.43. The zero-order valence-electron chi connectivity index (χ0n) is 13.0. The molecule has 0 saturated heterocycles. The molecule has 1 saturated carbocycles. The first-order chi connectivity index (χ1) is 9.67. The summed E-state index contributed by atoms with van der Waals surface area (Å²) in [7, 11) is 2.08. The zero-order chi connectivity index (χ0) is 14.5. The molecule has 0 amide bonds. The van der Waals surface area contributed by atoms with Gasteiger partial charge in [0.15, 0.2) is 0 Å². The molecule has 1 heterocycles. The Hall–Kier alpha value is -0.350. The van der Waals surface area contributed by atoms with Crippen molar-refractivity contribution in [2.24, 2.45) is 18.9 Å². The summed E-state index contributed by atoms with van der Waals surface area (Å²) in [5.41, 5.74) is 1.40. The van der Waals surface area contributed by atoms with Crippen molar-refractivity contribution in [1.29, 1.82) is 0 Å². The van der Waals surface area contributed by atoms with E-state index in [-0.39, 0.29) is 0 Å². The highest BCUT2D eigenvalue weighted by Gasteiger charge is 2.33. The molecular formula is C16H28BrN3. The number of hydrogen-bond donors (Lipinski definition) is 1. The maximum Gasteiger partial charge on any atom is 0.0635 e. The minimum absolute atomic E-state index is 0.640. The second kappa shape index (κ2) is 7.60. The predicted octanol–water partition coefficient (Wildman–Crippen LogP) is 4.09. The third-order valence-corrected chi connectivity index (χ3v) is 5.36. The Morgan fingerprint density at radius 1 is 1.40 bits per heavy atom. The minimum atomic E-state index is 0.640. The molecule has 0 spiro atoms. The van der Waals surface area contributed by atoms with Crippen LogP contribution in [0.15, 0.2) is 10.7 Å². The van der Waals surface area contributed by atoms with Crippen LogP contribution in [0.25, 0.3) is 0 Å². The quantitative estimate of drug-likeness (QED) is 0.844. The Bertz CT molecular complexity index is 396. The van der Waals surface area contributed by atoms with Crippen LogP contribution in [0.2, 0.25) is 0 Å². The van der Waals surface area contributed by atoms with E-state index in [4.69, 9.17) is 0 Å². The summed E-state index contributed by atoms with van der Waals surface area (Å²) in [6, 6.07) is 0. The maximum atomic E-state index is 4.43. The number of nitrogens with zero attached hydrogens (tertiary/aromatic N) is 2. The number of aryl methyl sites for hydroxylation is 1. The second-order valence-electron chi connectivity index (χ2n) is 6.14. The van der Waals surface area contributed by atoms with Gasteiger partial charge in [-0.2, -0.15) is 5.10 Å². The fraction of sp³-hybridized carbons (Fsp3) is 0.812. The van der Waals surface area contributed by atoms with E-state index in [9.17, 15) is 0 Å².